The molecule has 0 spiro atoms. The Morgan fingerprint density at radius 3 is 2.72 bits per heavy atom. The highest BCUT2D eigenvalue weighted by molar-refractivity contribution is 5.98. The molecule has 3 aromatic rings. The van der Waals surface area contributed by atoms with Gasteiger partial charge in [0.05, 0.1) is 17.3 Å². The van der Waals surface area contributed by atoms with Crippen molar-refractivity contribution in [2.24, 2.45) is 0 Å². The lowest BCUT2D eigenvalue weighted by molar-refractivity contribution is 0.0699. The van der Waals surface area contributed by atoms with Gasteiger partial charge in [0, 0.05) is 24.2 Å². The standard InChI is InChI=1S/C25H28N4O3/c1-16-26-15-19(24(30)28-18-9-3-2-4-10-18)23(27-16)20-11-7-13-29(20)25(31)22-14-17-8-5-6-12-21(17)32-22/h5-6,8,12,14-15,18,20H,2-4,7,9-11,13H2,1H3,(H,28,30). The molecule has 0 bridgehead atoms. The molecule has 1 N–H and O–H groups in total. The lowest BCUT2D eigenvalue weighted by Gasteiger charge is -2.26. The molecule has 5 rings (SSSR count). The Kier molecular flexibility index (Phi) is 5.64. The smallest absolute Gasteiger partial charge is 0.290 e. The molecule has 3 heterocycles. The predicted molar refractivity (Wildman–Crippen MR) is 120 cm³/mol. The summed E-state index contributed by atoms with van der Waals surface area (Å²) >= 11 is 0. The van der Waals surface area contributed by atoms with Gasteiger partial charge < -0.3 is 14.6 Å². The number of furan rings is 1. The quantitative estimate of drug-likeness (QED) is 0.652. The van der Waals surface area contributed by atoms with Crippen molar-refractivity contribution in [3.05, 3.63) is 59.4 Å². The average molecular weight is 433 g/mol. The first-order valence-electron chi connectivity index (χ1n) is 11.5. The van der Waals surface area contributed by atoms with Crippen molar-refractivity contribution in [3.8, 4) is 0 Å². The van der Waals surface area contributed by atoms with Gasteiger partial charge in [-0.25, -0.2) is 9.97 Å². The largest absolute Gasteiger partial charge is 0.451 e. The number of nitrogens with one attached hydrogen (secondary N) is 1. The van der Waals surface area contributed by atoms with Crippen LogP contribution in [0.5, 0.6) is 0 Å². The van der Waals surface area contributed by atoms with E-state index in [0.29, 0.717) is 35.0 Å². The fourth-order valence-electron chi connectivity index (χ4n) is 4.95. The van der Waals surface area contributed by atoms with Gasteiger partial charge >= 0.3 is 0 Å². The SMILES string of the molecule is Cc1ncc(C(=O)NC2CCCCC2)c(C2CCCN2C(=O)c2cc3ccccc3o2)n1. The second-order valence-corrected chi connectivity index (χ2v) is 8.83. The van der Waals surface area contributed by atoms with Crippen LogP contribution in [-0.2, 0) is 0 Å². The van der Waals surface area contributed by atoms with Crippen LogP contribution in [0.3, 0.4) is 0 Å². The molecule has 2 aromatic heterocycles. The summed E-state index contributed by atoms with van der Waals surface area (Å²) in [5.74, 6) is 0.600. The predicted octanol–water partition coefficient (Wildman–Crippen LogP) is 4.57. The molecule has 0 radical (unpaired) electrons. The average Bonchev–Trinajstić information content (AvgIpc) is 3.46. The number of carbonyl (C=O) groups excluding carboxylic acids is 2. The fourth-order valence-corrected chi connectivity index (χ4v) is 4.95. The van der Waals surface area contributed by atoms with E-state index in [1.54, 1.807) is 17.2 Å². The van der Waals surface area contributed by atoms with E-state index in [1.165, 1.54) is 6.42 Å². The van der Waals surface area contributed by atoms with Crippen molar-refractivity contribution < 1.29 is 14.0 Å². The molecule has 2 fully saturated rings. The maximum absolute atomic E-state index is 13.4. The van der Waals surface area contributed by atoms with Crippen molar-refractivity contribution in [1.29, 1.82) is 0 Å². The van der Waals surface area contributed by atoms with Gasteiger partial charge in [-0.3, -0.25) is 9.59 Å². The van der Waals surface area contributed by atoms with Gasteiger partial charge in [0.2, 0.25) is 0 Å². The number of amides is 2. The summed E-state index contributed by atoms with van der Waals surface area (Å²) in [6.07, 6.45) is 8.75. The lowest BCUT2D eigenvalue weighted by Crippen LogP contribution is -2.38. The molecule has 32 heavy (non-hydrogen) atoms. The first kappa shape index (κ1) is 20.7. The normalized spacial score (nSPS) is 19.4. The first-order chi connectivity index (χ1) is 15.6. The maximum Gasteiger partial charge on any atom is 0.290 e. The van der Waals surface area contributed by atoms with E-state index in [9.17, 15) is 9.59 Å². The minimum atomic E-state index is -0.274. The molecular weight excluding hydrogens is 404 g/mol. The number of aromatic nitrogens is 2. The van der Waals surface area contributed by atoms with E-state index in [2.05, 4.69) is 15.3 Å². The van der Waals surface area contributed by atoms with Crippen molar-refractivity contribution in [2.45, 2.75) is 64.0 Å². The zero-order chi connectivity index (χ0) is 22.1. The Bertz CT molecular complexity index is 1120. The van der Waals surface area contributed by atoms with Crippen molar-refractivity contribution in [1.82, 2.24) is 20.2 Å². The first-order valence-corrected chi connectivity index (χ1v) is 11.5. The molecule has 7 heteroatoms. The van der Waals surface area contributed by atoms with Crippen LogP contribution in [-0.4, -0.2) is 39.3 Å². The Morgan fingerprint density at radius 2 is 1.91 bits per heavy atom. The van der Waals surface area contributed by atoms with E-state index in [0.717, 1.165) is 43.9 Å². The lowest BCUT2D eigenvalue weighted by atomic mass is 9.95. The van der Waals surface area contributed by atoms with Crippen molar-refractivity contribution in [3.63, 3.8) is 0 Å². The number of rotatable bonds is 4. The topological polar surface area (TPSA) is 88.3 Å². The summed E-state index contributed by atoms with van der Waals surface area (Å²) in [6.45, 7) is 2.42. The molecular formula is C25H28N4O3. The van der Waals surface area contributed by atoms with Crippen LogP contribution in [0.4, 0.5) is 0 Å². The van der Waals surface area contributed by atoms with Crippen LogP contribution in [0.2, 0.25) is 0 Å². The Labute approximate surface area is 187 Å². The minimum absolute atomic E-state index is 0.144. The van der Waals surface area contributed by atoms with E-state index >= 15 is 0 Å². The van der Waals surface area contributed by atoms with E-state index in [-0.39, 0.29) is 23.9 Å². The second-order valence-electron chi connectivity index (χ2n) is 8.83. The van der Waals surface area contributed by atoms with Crippen molar-refractivity contribution >= 4 is 22.8 Å². The number of fused-ring (bicyclic) bond motifs is 1. The molecule has 1 atom stereocenters. The number of likely N-dealkylation sites (tertiary alicyclic amines) is 1. The summed E-state index contributed by atoms with van der Waals surface area (Å²) in [6, 6.07) is 9.31. The summed E-state index contributed by atoms with van der Waals surface area (Å²) in [5.41, 5.74) is 1.79. The number of aryl methyl sites for hydroxylation is 1. The minimum Gasteiger partial charge on any atom is -0.451 e. The Hall–Kier alpha value is -3.22. The molecule has 1 saturated heterocycles. The number of para-hydroxylation sites is 1. The fraction of sp³-hybridized carbons (Fsp3) is 0.440. The molecule has 1 aliphatic heterocycles. The van der Waals surface area contributed by atoms with Gasteiger partial charge in [-0.2, -0.15) is 0 Å². The van der Waals surface area contributed by atoms with Gasteiger partial charge in [0.1, 0.15) is 11.4 Å². The van der Waals surface area contributed by atoms with E-state index in [1.807, 2.05) is 31.2 Å². The van der Waals surface area contributed by atoms with Gasteiger partial charge in [-0.15, -0.1) is 0 Å². The highest BCUT2D eigenvalue weighted by atomic mass is 16.3. The van der Waals surface area contributed by atoms with Gasteiger partial charge in [-0.1, -0.05) is 37.5 Å². The van der Waals surface area contributed by atoms with Crippen LogP contribution >= 0.6 is 0 Å². The second kappa shape index (κ2) is 8.73. The summed E-state index contributed by atoms with van der Waals surface area (Å²) in [5, 5.41) is 4.07. The van der Waals surface area contributed by atoms with E-state index < -0.39 is 0 Å². The molecule has 1 saturated carbocycles. The molecule has 1 aromatic carbocycles. The number of benzene rings is 1. The zero-order valence-electron chi connectivity index (χ0n) is 18.3. The summed E-state index contributed by atoms with van der Waals surface area (Å²) in [7, 11) is 0. The highest BCUT2D eigenvalue weighted by Crippen LogP contribution is 2.35. The third-order valence-electron chi connectivity index (χ3n) is 6.59. The molecule has 1 aliphatic carbocycles. The molecule has 7 nitrogen and oxygen atoms in total. The van der Waals surface area contributed by atoms with Gasteiger partial charge in [-0.05, 0) is 44.7 Å². The van der Waals surface area contributed by atoms with Crippen LogP contribution in [0.25, 0.3) is 11.0 Å². The van der Waals surface area contributed by atoms with Crippen LogP contribution in [0.15, 0.2) is 40.9 Å². The molecule has 2 amide bonds. The van der Waals surface area contributed by atoms with Crippen LogP contribution < -0.4 is 5.32 Å². The van der Waals surface area contributed by atoms with Gasteiger partial charge in [0.25, 0.3) is 11.8 Å². The number of nitrogens with zero attached hydrogens (tertiary/aromatic N) is 3. The van der Waals surface area contributed by atoms with Gasteiger partial charge in [0.15, 0.2) is 5.76 Å². The number of hydrogen-bond donors (Lipinski definition) is 1. The molecule has 2 aliphatic rings. The molecule has 1 unspecified atom stereocenters. The third kappa shape index (κ3) is 3.99. The Morgan fingerprint density at radius 1 is 1.09 bits per heavy atom. The van der Waals surface area contributed by atoms with Crippen molar-refractivity contribution in [2.75, 3.05) is 6.54 Å². The molecule has 166 valence electrons. The Balaban J connectivity index is 1.43. The number of carbonyl (C=O) groups is 2. The highest BCUT2D eigenvalue weighted by Gasteiger charge is 2.36. The summed E-state index contributed by atoms with van der Waals surface area (Å²) < 4.78 is 5.83. The summed E-state index contributed by atoms with van der Waals surface area (Å²) in [4.78, 5) is 37.2. The van der Waals surface area contributed by atoms with Crippen LogP contribution in [0.1, 0.15) is 83.4 Å². The zero-order valence-corrected chi connectivity index (χ0v) is 18.3. The third-order valence-corrected chi connectivity index (χ3v) is 6.59. The maximum atomic E-state index is 13.4. The number of hydrogen-bond acceptors (Lipinski definition) is 5. The van der Waals surface area contributed by atoms with E-state index in [4.69, 9.17) is 4.42 Å². The van der Waals surface area contributed by atoms with Crippen LogP contribution in [0, 0.1) is 6.92 Å². The monoisotopic (exact) mass is 432 g/mol.